The Balaban J connectivity index is 2.25. The molecule has 0 radical (unpaired) electrons. The quantitative estimate of drug-likeness (QED) is 0.744. The molecule has 5 nitrogen and oxygen atoms in total. The molecule has 0 saturated carbocycles. The maximum absolute atomic E-state index is 11.7. The summed E-state index contributed by atoms with van der Waals surface area (Å²) in [6, 6.07) is 4.67. The molecule has 1 aliphatic heterocycles. The molecule has 0 amide bonds. The van der Waals surface area contributed by atoms with E-state index in [4.69, 9.17) is 9.47 Å². The van der Waals surface area contributed by atoms with Crippen molar-refractivity contribution in [2.45, 2.75) is 0 Å². The number of hydrogen-bond donors (Lipinski definition) is 0. The summed E-state index contributed by atoms with van der Waals surface area (Å²) in [7, 11) is -3.31. The average molecular weight is 256 g/mol. The van der Waals surface area contributed by atoms with Crippen molar-refractivity contribution in [1.29, 1.82) is 0 Å². The van der Waals surface area contributed by atoms with Crippen LogP contribution < -0.4 is 9.47 Å². The van der Waals surface area contributed by atoms with Crippen molar-refractivity contribution in [2.75, 3.05) is 25.2 Å². The topological polar surface area (TPSA) is 69.7 Å². The number of hydrogen-bond acceptors (Lipinski definition) is 5. The number of ketones is 1. The van der Waals surface area contributed by atoms with E-state index in [1.807, 2.05) is 0 Å². The third kappa shape index (κ3) is 2.97. The molecule has 0 unspecified atom stereocenters. The second-order valence-corrected chi connectivity index (χ2v) is 5.99. The number of carbonyl (C=O) groups is 1. The fourth-order valence-corrected chi connectivity index (χ4v) is 2.18. The van der Waals surface area contributed by atoms with Crippen molar-refractivity contribution >= 4 is 15.6 Å². The van der Waals surface area contributed by atoms with Crippen molar-refractivity contribution < 1.29 is 22.7 Å². The molecule has 1 aliphatic rings. The Bertz CT molecular complexity index is 547. The van der Waals surface area contributed by atoms with E-state index in [1.54, 1.807) is 12.1 Å². The zero-order chi connectivity index (χ0) is 12.5. The van der Waals surface area contributed by atoms with Gasteiger partial charge in [-0.25, -0.2) is 8.42 Å². The van der Waals surface area contributed by atoms with Crippen LogP contribution in [0.1, 0.15) is 10.4 Å². The number of sulfone groups is 1. The van der Waals surface area contributed by atoms with E-state index in [1.165, 1.54) is 6.07 Å². The minimum Gasteiger partial charge on any atom is -0.486 e. The van der Waals surface area contributed by atoms with E-state index in [0.29, 0.717) is 30.3 Å². The predicted molar refractivity (Wildman–Crippen MR) is 61.5 cm³/mol. The van der Waals surface area contributed by atoms with Crippen LogP contribution in [0.4, 0.5) is 0 Å². The summed E-state index contributed by atoms with van der Waals surface area (Å²) in [6.45, 7) is 0.903. The minimum absolute atomic E-state index is 0.319. The summed E-state index contributed by atoms with van der Waals surface area (Å²) in [5.74, 6) is 0.124. The van der Waals surface area contributed by atoms with Crippen molar-refractivity contribution in [3.63, 3.8) is 0 Å². The largest absolute Gasteiger partial charge is 0.486 e. The molecule has 2 rings (SSSR count). The first-order chi connectivity index (χ1) is 7.96. The van der Waals surface area contributed by atoms with E-state index in [0.717, 1.165) is 6.26 Å². The third-order valence-corrected chi connectivity index (χ3v) is 3.04. The zero-order valence-electron chi connectivity index (χ0n) is 9.30. The Hall–Kier alpha value is -1.56. The maximum atomic E-state index is 11.7. The number of fused-ring (bicyclic) bond motifs is 1. The molecule has 1 heterocycles. The van der Waals surface area contributed by atoms with Crippen molar-refractivity contribution in [1.82, 2.24) is 0 Å². The first kappa shape index (κ1) is 11.9. The molecule has 1 aromatic carbocycles. The van der Waals surface area contributed by atoms with Gasteiger partial charge < -0.3 is 9.47 Å². The Kier molecular flexibility index (Phi) is 3.06. The molecule has 0 spiro atoms. The van der Waals surface area contributed by atoms with Crippen molar-refractivity contribution in [2.24, 2.45) is 0 Å². The monoisotopic (exact) mass is 256 g/mol. The predicted octanol–water partition coefficient (Wildman–Crippen LogP) is 0.685. The Morgan fingerprint density at radius 1 is 1.24 bits per heavy atom. The lowest BCUT2D eigenvalue weighted by atomic mass is 10.1. The van der Waals surface area contributed by atoms with Crippen LogP contribution >= 0.6 is 0 Å². The highest BCUT2D eigenvalue weighted by Gasteiger charge is 2.17. The molecule has 6 heteroatoms. The molecular weight excluding hydrogens is 244 g/mol. The van der Waals surface area contributed by atoms with E-state index in [-0.39, 0.29) is 0 Å². The normalized spacial score (nSPS) is 14.4. The van der Waals surface area contributed by atoms with Gasteiger partial charge in [-0.3, -0.25) is 4.79 Å². The van der Waals surface area contributed by atoms with E-state index in [2.05, 4.69) is 0 Å². The number of ether oxygens (including phenoxy) is 2. The first-order valence-corrected chi connectivity index (χ1v) is 7.12. The van der Waals surface area contributed by atoms with E-state index >= 15 is 0 Å². The molecule has 1 aromatic rings. The molecule has 0 N–H and O–H groups in total. The highest BCUT2D eigenvalue weighted by molar-refractivity contribution is 7.91. The summed E-state index contributed by atoms with van der Waals surface area (Å²) >= 11 is 0. The standard InChI is InChI=1S/C11H12O5S/c1-17(13,14)7-9(12)8-2-3-10-11(6-8)16-5-4-15-10/h2-3,6H,4-5,7H2,1H3. The lowest BCUT2D eigenvalue weighted by Crippen LogP contribution is -2.17. The van der Waals surface area contributed by atoms with Crippen LogP contribution in [0, 0.1) is 0 Å². The second-order valence-electron chi connectivity index (χ2n) is 3.85. The van der Waals surface area contributed by atoms with Gasteiger partial charge in [0.2, 0.25) is 0 Å². The van der Waals surface area contributed by atoms with Gasteiger partial charge in [-0.15, -0.1) is 0 Å². The third-order valence-electron chi connectivity index (χ3n) is 2.26. The summed E-state index contributed by atoms with van der Waals surface area (Å²) in [4.78, 5) is 11.7. The molecule has 0 fully saturated rings. The average Bonchev–Trinajstić information content (AvgIpc) is 2.26. The fraction of sp³-hybridized carbons (Fsp3) is 0.364. The lowest BCUT2D eigenvalue weighted by molar-refractivity contribution is 0.102. The van der Waals surface area contributed by atoms with Crippen LogP contribution in [0.2, 0.25) is 0 Å². The Morgan fingerprint density at radius 2 is 1.88 bits per heavy atom. The fourth-order valence-electron chi connectivity index (χ4n) is 1.54. The lowest BCUT2D eigenvalue weighted by Gasteiger charge is -2.18. The summed E-state index contributed by atoms with van der Waals surface area (Å²) in [5.41, 5.74) is 0.319. The summed E-state index contributed by atoms with van der Waals surface area (Å²) < 4.78 is 32.7. The van der Waals surface area contributed by atoms with Gasteiger partial charge in [-0.05, 0) is 18.2 Å². The van der Waals surface area contributed by atoms with E-state index < -0.39 is 21.4 Å². The van der Waals surface area contributed by atoms with Crippen LogP contribution in [0.5, 0.6) is 11.5 Å². The van der Waals surface area contributed by atoms with Gasteiger partial charge in [0.15, 0.2) is 27.1 Å². The maximum Gasteiger partial charge on any atom is 0.177 e. The van der Waals surface area contributed by atoms with Gasteiger partial charge in [0, 0.05) is 11.8 Å². The van der Waals surface area contributed by atoms with Crippen molar-refractivity contribution in [3.8, 4) is 11.5 Å². The highest BCUT2D eigenvalue weighted by atomic mass is 32.2. The molecule has 0 aromatic heterocycles. The molecule has 92 valence electrons. The van der Waals surface area contributed by atoms with E-state index in [9.17, 15) is 13.2 Å². The minimum atomic E-state index is -3.31. The summed E-state index contributed by atoms with van der Waals surface area (Å²) in [6.07, 6.45) is 1.03. The molecule has 0 aliphatic carbocycles. The van der Waals surface area contributed by atoms with Gasteiger partial charge >= 0.3 is 0 Å². The highest BCUT2D eigenvalue weighted by Crippen LogP contribution is 2.30. The SMILES string of the molecule is CS(=O)(=O)CC(=O)c1ccc2c(c1)OCCO2. The zero-order valence-corrected chi connectivity index (χ0v) is 10.1. The number of benzene rings is 1. The van der Waals surface area contributed by atoms with Crippen LogP contribution in [-0.4, -0.2) is 39.4 Å². The van der Waals surface area contributed by atoms with Crippen LogP contribution in [0.25, 0.3) is 0 Å². The van der Waals surface area contributed by atoms with Gasteiger partial charge in [0.05, 0.1) is 0 Å². The number of carbonyl (C=O) groups excluding carboxylic acids is 1. The van der Waals surface area contributed by atoms with Crippen LogP contribution in [0.15, 0.2) is 18.2 Å². The number of rotatable bonds is 3. The molecule has 0 saturated heterocycles. The Morgan fingerprint density at radius 3 is 2.53 bits per heavy atom. The molecule has 17 heavy (non-hydrogen) atoms. The first-order valence-electron chi connectivity index (χ1n) is 5.06. The van der Waals surface area contributed by atoms with Crippen LogP contribution in [0.3, 0.4) is 0 Å². The molecular formula is C11H12O5S. The summed E-state index contributed by atoms with van der Waals surface area (Å²) in [5, 5.41) is 0. The second kappa shape index (κ2) is 4.37. The van der Waals surface area contributed by atoms with Gasteiger partial charge in [0.1, 0.15) is 19.0 Å². The van der Waals surface area contributed by atoms with Crippen LogP contribution in [-0.2, 0) is 9.84 Å². The Labute approximate surface area is 99.3 Å². The number of Topliss-reactive ketones (excluding diaryl/α,β-unsaturated/α-hetero) is 1. The smallest absolute Gasteiger partial charge is 0.177 e. The molecule has 0 bridgehead atoms. The van der Waals surface area contributed by atoms with Crippen molar-refractivity contribution in [3.05, 3.63) is 23.8 Å². The van der Waals surface area contributed by atoms with Gasteiger partial charge in [0.25, 0.3) is 0 Å². The van der Waals surface area contributed by atoms with Gasteiger partial charge in [-0.2, -0.15) is 0 Å². The van der Waals surface area contributed by atoms with Gasteiger partial charge in [-0.1, -0.05) is 0 Å². The molecule has 0 atom stereocenters.